The zero-order valence-electron chi connectivity index (χ0n) is 16.4. The van der Waals surface area contributed by atoms with E-state index in [0.717, 1.165) is 57.9 Å². The summed E-state index contributed by atoms with van der Waals surface area (Å²) < 4.78 is 10.8. The van der Waals surface area contributed by atoms with Gasteiger partial charge in [0.05, 0.1) is 0 Å². The minimum atomic E-state index is -0.0501. The molecule has 150 valence electrons. The minimum absolute atomic E-state index is 0.0501. The highest BCUT2D eigenvalue weighted by molar-refractivity contribution is 5.79. The van der Waals surface area contributed by atoms with Crippen LogP contribution in [0, 0.1) is 0 Å². The third kappa shape index (κ3) is 9.28. The maximum absolute atomic E-state index is 11.6. The fourth-order valence-electron chi connectivity index (χ4n) is 2.47. The number of carbonyl (C=O) groups is 1. The molecule has 2 rings (SSSR count). The number of aliphatic imine (C=N–C) groups is 1. The van der Waals surface area contributed by atoms with Crippen LogP contribution in [-0.2, 0) is 16.0 Å². The summed E-state index contributed by atoms with van der Waals surface area (Å²) in [7, 11) is 1.77. The lowest BCUT2D eigenvalue weighted by Gasteiger charge is -2.12. The van der Waals surface area contributed by atoms with E-state index in [1.165, 1.54) is 5.56 Å². The van der Waals surface area contributed by atoms with Gasteiger partial charge in [-0.1, -0.05) is 12.1 Å². The number of hydrogen-bond acceptors (Lipinski definition) is 4. The molecule has 0 spiro atoms. The van der Waals surface area contributed by atoms with Gasteiger partial charge >= 0.3 is 0 Å². The molecule has 0 atom stereocenters. The number of nitrogens with zero attached hydrogens (tertiary/aromatic N) is 1. The van der Waals surface area contributed by atoms with Gasteiger partial charge in [-0.3, -0.25) is 9.79 Å². The molecular formula is C20H32N4O3. The van der Waals surface area contributed by atoms with Crippen LogP contribution in [0.3, 0.4) is 0 Å². The standard InChI is InChI=1S/C20H32N4O3/c1-3-26-14-4-12-22-20(21-2)23-13-11-16-5-9-18(10-6-16)27-15-19(25)24-17-7-8-17/h5-6,9-10,17H,3-4,7-8,11-15H2,1-2H3,(H,24,25)(H2,21,22,23). The Bertz CT molecular complexity index is 585. The van der Waals surface area contributed by atoms with Gasteiger partial charge in [0.2, 0.25) is 0 Å². The molecule has 1 aliphatic carbocycles. The highest BCUT2D eigenvalue weighted by Crippen LogP contribution is 2.18. The molecule has 0 aliphatic heterocycles. The smallest absolute Gasteiger partial charge is 0.258 e. The molecule has 1 fully saturated rings. The molecule has 0 radical (unpaired) electrons. The van der Waals surface area contributed by atoms with Gasteiger partial charge in [0.25, 0.3) is 5.91 Å². The Labute approximate surface area is 161 Å². The Morgan fingerprint density at radius 3 is 2.59 bits per heavy atom. The first kappa shape index (κ1) is 21.0. The Hall–Kier alpha value is -2.28. The number of carbonyl (C=O) groups excluding carboxylic acids is 1. The van der Waals surface area contributed by atoms with Crippen molar-refractivity contribution in [3.05, 3.63) is 29.8 Å². The van der Waals surface area contributed by atoms with Gasteiger partial charge in [0, 0.05) is 39.4 Å². The van der Waals surface area contributed by atoms with E-state index in [1.54, 1.807) is 7.05 Å². The quantitative estimate of drug-likeness (QED) is 0.292. The summed E-state index contributed by atoms with van der Waals surface area (Å²) in [4.78, 5) is 15.8. The van der Waals surface area contributed by atoms with E-state index in [1.807, 2.05) is 31.2 Å². The number of ether oxygens (including phenoxy) is 2. The zero-order valence-corrected chi connectivity index (χ0v) is 16.4. The van der Waals surface area contributed by atoms with Crippen molar-refractivity contribution in [1.29, 1.82) is 0 Å². The molecule has 3 N–H and O–H groups in total. The maximum atomic E-state index is 11.6. The van der Waals surface area contributed by atoms with Crippen molar-refractivity contribution in [2.45, 2.75) is 38.6 Å². The molecule has 1 amide bonds. The SMILES string of the molecule is CCOCCCNC(=NC)NCCc1ccc(OCC(=O)NC2CC2)cc1. The van der Waals surface area contributed by atoms with Gasteiger partial charge in [-0.15, -0.1) is 0 Å². The lowest BCUT2D eigenvalue weighted by atomic mass is 10.1. The highest BCUT2D eigenvalue weighted by Gasteiger charge is 2.23. The third-order valence-corrected chi connectivity index (χ3v) is 4.13. The van der Waals surface area contributed by atoms with Crippen LogP contribution in [0.1, 0.15) is 31.7 Å². The molecule has 1 aromatic carbocycles. The first-order valence-electron chi connectivity index (χ1n) is 9.74. The summed E-state index contributed by atoms with van der Waals surface area (Å²) >= 11 is 0. The second-order valence-corrected chi connectivity index (χ2v) is 6.50. The van der Waals surface area contributed by atoms with Crippen LogP contribution in [0.4, 0.5) is 0 Å². The van der Waals surface area contributed by atoms with Gasteiger partial charge < -0.3 is 25.4 Å². The summed E-state index contributed by atoms with van der Waals surface area (Å²) in [5.41, 5.74) is 1.20. The summed E-state index contributed by atoms with van der Waals surface area (Å²) in [6, 6.07) is 8.22. The van der Waals surface area contributed by atoms with Crippen molar-refractivity contribution in [2.75, 3.05) is 40.0 Å². The number of benzene rings is 1. The van der Waals surface area contributed by atoms with E-state index in [4.69, 9.17) is 9.47 Å². The molecule has 1 aromatic rings. The van der Waals surface area contributed by atoms with E-state index in [0.29, 0.717) is 11.8 Å². The van der Waals surface area contributed by atoms with Crippen molar-refractivity contribution < 1.29 is 14.3 Å². The van der Waals surface area contributed by atoms with Gasteiger partial charge in [0.1, 0.15) is 5.75 Å². The van der Waals surface area contributed by atoms with Crippen LogP contribution >= 0.6 is 0 Å². The molecule has 0 saturated heterocycles. The van der Waals surface area contributed by atoms with E-state index >= 15 is 0 Å². The first-order chi connectivity index (χ1) is 13.2. The number of guanidine groups is 1. The molecule has 27 heavy (non-hydrogen) atoms. The van der Waals surface area contributed by atoms with Crippen LogP contribution < -0.4 is 20.7 Å². The monoisotopic (exact) mass is 376 g/mol. The lowest BCUT2D eigenvalue weighted by Crippen LogP contribution is -2.39. The number of hydrogen-bond donors (Lipinski definition) is 3. The van der Waals surface area contributed by atoms with Crippen molar-refractivity contribution in [3.63, 3.8) is 0 Å². The highest BCUT2D eigenvalue weighted by atomic mass is 16.5. The van der Waals surface area contributed by atoms with E-state index in [2.05, 4.69) is 20.9 Å². The van der Waals surface area contributed by atoms with E-state index < -0.39 is 0 Å². The summed E-state index contributed by atoms with van der Waals surface area (Å²) in [5.74, 6) is 1.46. The van der Waals surface area contributed by atoms with Gasteiger partial charge in [-0.25, -0.2) is 0 Å². The van der Waals surface area contributed by atoms with Crippen molar-refractivity contribution in [1.82, 2.24) is 16.0 Å². The van der Waals surface area contributed by atoms with Gasteiger partial charge in [-0.2, -0.15) is 0 Å². The van der Waals surface area contributed by atoms with Gasteiger partial charge in [0.15, 0.2) is 12.6 Å². The van der Waals surface area contributed by atoms with Crippen LogP contribution in [0.5, 0.6) is 5.75 Å². The van der Waals surface area contributed by atoms with Crippen molar-refractivity contribution in [2.24, 2.45) is 4.99 Å². The maximum Gasteiger partial charge on any atom is 0.258 e. The summed E-state index contributed by atoms with van der Waals surface area (Å²) in [6.45, 7) is 5.21. The number of nitrogens with one attached hydrogen (secondary N) is 3. The molecule has 0 unspecified atom stereocenters. The fraction of sp³-hybridized carbons (Fsp3) is 0.600. The average molecular weight is 377 g/mol. The second-order valence-electron chi connectivity index (χ2n) is 6.50. The van der Waals surface area contributed by atoms with E-state index in [9.17, 15) is 4.79 Å². The second kappa shape index (κ2) is 12.2. The van der Waals surface area contributed by atoms with Crippen LogP contribution in [0.2, 0.25) is 0 Å². The molecule has 7 nitrogen and oxygen atoms in total. The normalized spacial score (nSPS) is 13.9. The molecule has 0 aromatic heterocycles. The molecule has 1 saturated carbocycles. The van der Waals surface area contributed by atoms with Crippen molar-refractivity contribution in [3.8, 4) is 5.75 Å². The van der Waals surface area contributed by atoms with Crippen LogP contribution in [0.15, 0.2) is 29.3 Å². The molecule has 0 heterocycles. The molecular weight excluding hydrogens is 344 g/mol. The van der Waals surface area contributed by atoms with Crippen LogP contribution in [-0.4, -0.2) is 57.9 Å². The summed E-state index contributed by atoms with van der Waals surface area (Å²) in [5, 5.41) is 9.48. The molecule has 1 aliphatic rings. The third-order valence-electron chi connectivity index (χ3n) is 4.13. The Balaban J connectivity index is 1.60. The topological polar surface area (TPSA) is 84.0 Å². The first-order valence-corrected chi connectivity index (χ1v) is 9.74. The Morgan fingerprint density at radius 1 is 1.19 bits per heavy atom. The Kier molecular flexibility index (Phi) is 9.48. The number of rotatable bonds is 12. The number of amides is 1. The zero-order chi connectivity index (χ0) is 19.3. The van der Waals surface area contributed by atoms with Crippen LogP contribution in [0.25, 0.3) is 0 Å². The minimum Gasteiger partial charge on any atom is -0.484 e. The van der Waals surface area contributed by atoms with E-state index in [-0.39, 0.29) is 12.5 Å². The lowest BCUT2D eigenvalue weighted by molar-refractivity contribution is -0.123. The molecule has 7 heteroatoms. The summed E-state index contributed by atoms with van der Waals surface area (Å²) in [6.07, 6.45) is 4.00. The predicted octanol–water partition coefficient (Wildman–Crippen LogP) is 1.48. The Morgan fingerprint density at radius 2 is 1.93 bits per heavy atom. The van der Waals surface area contributed by atoms with Crippen molar-refractivity contribution >= 4 is 11.9 Å². The fourth-order valence-corrected chi connectivity index (χ4v) is 2.47. The predicted molar refractivity (Wildman–Crippen MR) is 107 cm³/mol. The largest absolute Gasteiger partial charge is 0.484 e. The van der Waals surface area contributed by atoms with Gasteiger partial charge in [-0.05, 0) is 50.3 Å². The average Bonchev–Trinajstić information content (AvgIpc) is 3.49. The molecule has 0 bridgehead atoms.